The molecule has 1 aromatic carbocycles. The number of hydrogen-bond acceptors (Lipinski definition) is 4. The second kappa shape index (κ2) is 9.03. The highest BCUT2D eigenvalue weighted by Gasteiger charge is 2.48. The molecular formula is C20H26FN3O4. The summed E-state index contributed by atoms with van der Waals surface area (Å²) < 4.78 is 18.6. The molecule has 2 unspecified atom stereocenters. The van der Waals surface area contributed by atoms with Crippen LogP contribution in [0.25, 0.3) is 0 Å². The van der Waals surface area contributed by atoms with E-state index in [2.05, 4.69) is 10.6 Å². The molecule has 3 rings (SSSR count). The summed E-state index contributed by atoms with van der Waals surface area (Å²) in [5.41, 5.74) is 0.422. The molecule has 0 radical (unpaired) electrons. The first-order valence-corrected chi connectivity index (χ1v) is 9.72. The van der Waals surface area contributed by atoms with Gasteiger partial charge in [0.15, 0.2) is 0 Å². The Morgan fingerprint density at radius 1 is 1.14 bits per heavy atom. The van der Waals surface area contributed by atoms with E-state index in [1.165, 1.54) is 6.07 Å². The number of rotatable bonds is 6. The third-order valence-electron chi connectivity index (χ3n) is 5.24. The smallest absolute Gasteiger partial charge is 0.409 e. The van der Waals surface area contributed by atoms with Gasteiger partial charge in [0.25, 0.3) is 0 Å². The zero-order valence-electron chi connectivity index (χ0n) is 15.9. The number of likely N-dealkylation sites (tertiary alicyclic amines) is 1. The molecule has 1 aromatic rings. The lowest BCUT2D eigenvalue weighted by atomic mass is 10.1. The van der Waals surface area contributed by atoms with E-state index >= 15 is 0 Å². The highest BCUT2D eigenvalue weighted by Crippen LogP contribution is 2.39. The fourth-order valence-electron chi connectivity index (χ4n) is 3.46. The molecule has 152 valence electrons. The van der Waals surface area contributed by atoms with Gasteiger partial charge >= 0.3 is 6.09 Å². The number of benzene rings is 1. The van der Waals surface area contributed by atoms with Crippen LogP contribution in [0, 0.1) is 17.7 Å². The lowest BCUT2D eigenvalue weighted by molar-refractivity contribution is -0.127. The van der Waals surface area contributed by atoms with Gasteiger partial charge in [0.1, 0.15) is 5.82 Å². The van der Waals surface area contributed by atoms with Crippen molar-refractivity contribution < 1.29 is 23.5 Å². The van der Waals surface area contributed by atoms with Crippen molar-refractivity contribution in [1.82, 2.24) is 15.5 Å². The monoisotopic (exact) mass is 391 g/mol. The van der Waals surface area contributed by atoms with Crippen molar-refractivity contribution >= 4 is 17.9 Å². The standard InChI is InChI=1S/C20H26FN3O4/c1-2-28-20(27)24-9-7-14(8-10-24)23-19(26)16-11-15(16)18(25)22-12-13-5-3-4-6-17(13)21/h3-6,14-16H,2,7-12H2,1H3,(H,22,25)(H,23,26). The molecule has 8 heteroatoms. The van der Waals surface area contributed by atoms with Gasteiger partial charge in [-0.25, -0.2) is 9.18 Å². The minimum absolute atomic E-state index is 0.000836. The van der Waals surface area contributed by atoms with Crippen LogP contribution in [-0.2, 0) is 20.9 Å². The van der Waals surface area contributed by atoms with Crippen molar-refractivity contribution in [1.29, 1.82) is 0 Å². The lowest BCUT2D eigenvalue weighted by Crippen LogP contribution is -2.47. The van der Waals surface area contributed by atoms with Gasteiger partial charge in [-0.1, -0.05) is 18.2 Å². The van der Waals surface area contributed by atoms with Crippen LogP contribution in [0.5, 0.6) is 0 Å². The van der Waals surface area contributed by atoms with Crippen LogP contribution in [0.3, 0.4) is 0 Å². The van der Waals surface area contributed by atoms with E-state index in [1.54, 1.807) is 30.0 Å². The summed E-state index contributed by atoms with van der Waals surface area (Å²) >= 11 is 0. The van der Waals surface area contributed by atoms with Gasteiger partial charge in [0.05, 0.1) is 18.4 Å². The van der Waals surface area contributed by atoms with E-state index in [0.29, 0.717) is 44.5 Å². The first-order valence-electron chi connectivity index (χ1n) is 9.72. The molecule has 1 aliphatic heterocycles. The Kier molecular flexibility index (Phi) is 6.49. The first kappa shape index (κ1) is 20.1. The fraction of sp³-hybridized carbons (Fsp3) is 0.550. The van der Waals surface area contributed by atoms with Gasteiger partial charge < -0.3 is 20.3 Å². The average Bonchev–Trinajstić information content (AvgIpc) is 3.49. The minimum atomic E-state index is -0.359. The minimum Gasteiger partial charge on any atom is -0.450 e. The Hall–Kier alpha value is -2.64. The molecule has 2 fully saturated rings. The van der Waals surface area contributed by atoms with E-state index < -0.39 is 0 Å². The van der Waals surface area contributed by atoms with E-state index in [9.17, 15) is 18.8 Å². The molecule has 3 amide bonds. The summed E-state index contributed by atoms with van der Waals surface area (Å²) in [6.45, 7) is 3.31. The summed E-state index contributed by atoms with van der Waals surface area (Å²) in [5.74, 6) is -1.39. The third kappa shape index (κ3) is 4.99. The molecule has 2 aliphatic rings. The van der Waals surface area contributed by atoms with Crippen LogP contribution in [0.2, 0.25) is 0 Å². The van der Waals surface area contributed by atoms with Gasteiger partial charge in [-0.3, -0.25) is 9.59 Å². The molecule has 0 bridgehead atoms. The molecule has 2 N–H and O–H groups in total. The normalized spacial score (nSPS) is 21.7. The summed E-state index contributed by atoms with van der Waals surface area (Å²) in [5, 5.41) is 5.69. The van der Waals surface area contributed by atoms with Gasteiger partial charge in [-0.05, 0) is 32.3 Å². The van der Waals surface area contributed by atoms with Crippen LogP contribution in [0.1, 0.15) is 31.7 Å². The van der Waals surface area contributed by atoms with Crippen LogP contribution in [-0.4, -0.2) is 48.5 Å². The fourth-order valence-corrected chi connectivity index (χ4v) is 3.46. The van der Waals surface area contributed by atoms with E-state index in [0.717, 1.165) is 0 Å². The van der Waals surface area contributed by atoms with Gasteiger partial charge in [-0.15, -0.1) is 0 Å². The number of carbonyl (C=O) groups excluding carboxylic acids is 3. The molecule has 0 spiro atoms. The van der Waals surface area contributed by atoms with Crippen molar-refractivity contribution in [2.24, 2.45) is 11.8 Å². The van der Waals surface area contributed by atoms with E-state index in [4.69, 9.17) is 4.74 Å². The molecule has 2 atom stereocenters. The predicted molar refractivity (Wildman–Crippen MR) is 99.6 cm³/mol. The molecule has 1 saturated heterocycles. The predicted octanol–water partition coefficient (Wildman–Crippen LogP) is 1.82. The van der Waals surface area contributed by atoms with Gasteiger partial charge in [-0.2, -0.15) is 0 Å². The number of ether oxygens (including phenoxy) is 1. The Morgan fingerprint density at radius 3 is 2.50 bits per heavy atom. The summed E-state index contributed by atoms with van der Waals surface area (Å²) in [6, 6.07) is 6.28. The highest BCUT2D eigenvalue weighted by atomic mass is 19.1. The maximum atomic E-state index is 13.6. The number of nitrogens with one attached hydrogen (secondary N) is 2. The largest absolute Gasteiger partial charge is 0.450 e. The number of nitrogens with zero attached hydrogens (tertiary/aromatic N) is 1. The Labute approximate surface area is 163 Å². The van der Waals surface area contributed by atoms with Crippen LogP contribution in [0.15, 0.2) is 24.3 Å². The molecular weight excluding hydrogens is 365 g/mol. The van der Waals surface area contributed by atoms with Gasteiger partial charge in [0, 0.05) is 31.2 Å². The Balaban J connectivity index is 1.38. The quantitative estimate of drug-likeness (QED) is 0.774. The van der Waals surface area contributed by atoms with E-state index in [1.807, 2.05) is 0 Å². The van der Waals surface area contributed by atoms with Crippen LogP contribution >= 0.6 is 0 Å². The topological polar surface area (TPSA) is 87.7 Å². The second-order valence-corrected chi connectivity index (χ2v) is 7.23. The van der Waals surface area contributed by atoms with Crippen molar-refractivity contribution in [2.75, 3.05) is 19.7 Å². The maximum Gasteiger partial charge on any atom is 0.409 e. The SMILES string of the molecule is CCOC(=O)N1CCC(NC(=O)C2CC2C(=O)NCc2ccccc2F)CC1. The maximum absolute atomic E-state index is 13.6. The van der Waals surface area contributed by atoms with Gasteiger partial charge in [0.2, 0.25) is 11.8 Å². The molecule has 1 heterocycles. The van der Waals surface area contributed by atoms with E-state index in [-0.39, 0.29) is 48.1 Å². The molecule has 0 aromatic heterocycles. The van der Waals surface area contributed by atoms with Crippen LogP contribution in [0.4, 0.5) is 9.18 Å². The van der Waals surface area contributed by atoms with Crippen molar-refractivity contribution in [3.8, 4) is 0 Å². The highest BCUT2D eigenvalue weighted by molar-refractivity contribution is 5.92. The summed E-state index contributed by atoms with van der Waals surface area (Å²) in [4.78, 5) is 37.9. The lowest BCUT2D eigenvalue weighted by Gasteiger charge is -2.31. The molecule has 7 nitrogen and oxygen atoms in total. The van der Waals surface area contributed by atoms with Crippen LogP contribution < -0.4 is 10.6 Å². The summed E-state index contributed by atoms with van der Waals surface area (Å²) in [7, 11) is 0. The van der Waals surface area contributed by atoms with Crippen molar-refractivity contribution in [2.45, 2.75) is 38.8 Å². The van der Waals surface area contributed by atoms with Crippen molar-refractivity contribution in [3.05, 3.63) is 35.6 Å². The number of amides is 3. The number of piperidine rings is 1. The third-order valence-corrected chi connectivity index (χ3v) is 5.24. The molecule has 1 aliphatic carbocycles. The number of carbonyl (C=O) groups is 3. The zero-order valence-corrected chi connectivity index (χ0v) is 15.9. The molecule has 1 saturated carbocycles. The number of halogens is 1. The number of hydrogen-bond donors (Lipinski definition) is 2. The summed E-state index contributed by atoms with van der Waals surface area (Å²) in [6.07, 6.45) is 1.53. The Morgan fingerprint density at radius 2 is 1.82 bits per heavy atom. The average molecular weight is 391 g/mol. The Bertz CT molecular complexity index is 734. The van der Waals surface area contributed by atoms with Crippen molar-refractivity contribution in [3.63, 3.8) is 0 Å². The molecule has 28 heavy (non-hydrogen) atoms. The first-order chi connectivity index (χ1) is 13.5. The zero-order chi connectivity index (χ0) is 20.1. The second-order valence-electron chi connectivity index (χ2n) is 7.23.